The molecule has 0 aliphatic carbocycles. The zero-order chi connectivity index (χ0) is 20.0. The zero-order valence-electron chi connectivity index (χ0n) is 15.5. The van der Waals surface area contributed by atoms with Gasteiger partial charge in [0.1, 0.15) is 0 Å². The van der Waals surface area contributed by atoms with Crippen LogP contribution < -0.4 is 5.32 Å². The Labute approximate surface area is 156 Å². The molecule has 0 radical (unpaired) electrons. The molecule has 1 aromatic carbocycles. The Morgan fingerprint density at radius 3 is 2.52 bits per heavy atom. The first-order valence-corrected chi connectivity index (χ1v) is 8.72. The summed E-state index contributed by atoms with van der Waals surface area (Å²) in [6.45, 7) is 1.35. The Morgan fingerprint density at radius 1 is 1.19 bits per heavy atom. The Morgan fingerprint density at radius 2 is 1.93 bits per heavy atom. The van der Waals surface area contributed by atoms with Gasteiger partial charge >= 0.3 is 6.03 Å². The first-order valence-electron chi connectivity index (χ1n) is 8.72. The van der Waals surface area contributed by atoms with Gasteiger partial charge in [-0.2, -0.15) is 0 Å². The van der Waals surface area contributed by atoms with Gasteiger partial charge in [-0.15, -0.1) is 0 Å². The minimum Gasteiger partial charge on any atom is -0.337 e. The summed E-state index contributed by atoms with van der Waals surface area (Å²) in [7, 11) is 3.75. The van der Waals surface area contributed by atoms with Crippen molar-refractivity contribution in [2.75, 3.05) is 40.3 Å². The molecule has 9 heteroatoms. The van der Waals surface area contributed by atoms with Crippen molar-refractivity contribution in [3.05, 3.63) is 35.4 Å². The van der Waals surface area contributed by atoms with Crippen LogP contribution in [0.4, 0.5) is 13.6 Å². The van der Waals surface area contributed by atoms with Crippen LogP contribution in [-0.2, 0) is 16.1 Å². The van der Waals surface area contributed by atoms with Gasteiger partial charge in [0, 0.05) is 32.6 Å². The highest BCUT2D eigenvalue weighted by molar-refractivity contribution is 6.01. The number of carbonyl (C=O) groups excluding carboxylic acids is 3. The Balaban J connectivity index is 1.94. The van der Waals surface area contributed by atoms with Crippen LogP contribution in [-0.4, -0.2) is 72.8 Å². The molecule has 1 saturated heterocycles. The summed E-state index contributed by atoms with van der Waals surface area (Å²) >= 11 is 0. The SMILES string of the molecule is CN(C)CCN(Cc1ccc(F)c(F)c1)C(=O)CCCN1C(=O)CNC1=O. The van der Waals surface area contributed by atoms with E-state index in [0.717, 1.165) is 17.0 Å². The number of amides is 4. The van der Waals surface area contributed by atoms with Crippen LogP contribution in [0.2, 0.25) is 0 Å². The lowest BCUT2D eigenvalue weighted by Crippen LogP contribution is -2.37. The topological polar surface area (TPSA) is 73.0 Å². The molecule has 4 amide bonds. The van der Waals surface area contributed by atoms with E-state index < -0.39 is 17.7 Å². The van der Waals surface area contributed by atoms with Crippen LogP contribution in [0, 0.1) is 11.6 Å². The lowest BCUT2D eigenvalue weighted by atomic mass is 10.1. The summed E-state index contributed by atoms with van der Waals surface area (Å²) in [5.41, 5.74) is 0.495. The highest BCUT2D eigenvalue weighted by Gasteiger charge is 2.28. The van der Waals surface area contributed by atoms with Crippen molar-refractivity contribution in [2.24, 2.45) is 0 Å². The molecule has 0 atom stereocenters. The number of imide groups is 1. The maximum absolute atomic E-state index is 13.4. The normalized spacial score (nSPS) is 14.0. The van der Waals surface area contributed by atoms with Crippen molar-refractivity contribution in [1.82, 2.24) is 20.0 Å². The van der Waals surface area contributed by atoms with E-state index >= 15 is 0 Å². The molecule has 27 heavy (non-hydrogen) atoms. The highest BCUT2D eigenvalue weighted by Crippen LogP contribution is 2.13. The van der Waals surface area contributed by atoms with Gasteiger partial charge < -0.3 is 15.1 Å². The fourth-order valence-corrected chi connectivity index (χ4v) is 2.70. The number of rotatable bonds is 9. The molecular weight excluding hydrogens is 358 g/mol. The number of halogens is 2. The van der Waals surface area contributed by atoms with Crippen molar-refractivity contribution in [3.63, 3.8) is 0 Å². The predicted molar refractivity (Wildman–Crippen MR) is 94.7 cm³/mol. The van der Waals surface area contributed by atoms with Crippen molar-refractivity contribution in [3.8, 4) is 0 Å². The van der Waals surface area contributed by atoms with Crippen LogP contribution in [0.3, 0.4) is 0 Å². The van der Waals surface area contributed by atoms with Crippen LogP contribution >= 0.6 is 0 Å². The average Bonchev–Trinajstić information content (AvgIpc) is 2.93. The number of hydrogen-bond donors (Lipinski definition) is 1. The number of benzene rings is 1. The maximum atomic E-state index is 13.4. The smallest absolute Gasteiger partial charge is 0.324 e. The first kappa shape index (κ1) is 20.8. The number of carbonyl (C=O) groups is 3. The minimum atomic E-state index is -0.953. The van der Waals surface area contributed by atoms with Gasteiger partial charge in [0.25, 0.3) is 0 Å². The molecular formula is C18H24F2N4O3. The molecule has 0 aromatic heterocycles. The van der Waals surface area contributed by atoms with E-state index in [1.54, 1.807) is 4.90 Å². The summed E-state index contributed by atoms with van der Waals surface area (Å²) in [5, 5.41) is 2.43. The van der Waals surface area contributed by atoms with E-state index in [4.69, 9.17) is 0 Å². The van der Waals surface area contributed by atoms with Crippen LogP contribution in [0.15, 0.2) is 18.2 Å². The number of hydrogen-bond acceptors (Lipinski definition) is 4. The third kappa shape index (κ3) is 5.99. The van der Waals surface area contributed by atoms with Crippen LogP contribution in [0.25, 0.3) is 0 Å². The zero-order valence-corrected chi connectivity index (χ0v) is 15.5. The monoisotopic (exact) mass is 382 g/mol. The predicted octanol–water partition coefficient (Wildman–Crippen LogP) is 1.19. The van der Waals surface area contributed by atoms with E-state index in [1.165, 1.54) is 6.07 Å². The molecule has 1 aromatic rings. The molecule has 0 unspecified atom stereocenters. The van der Waals surface area contributed by atoms with Gasteiger partial charge in [0.05, 0.1) is 6.54 Å². The molecule has 1 fully saturated rings. The molecule has 0 spiro atoms. The minimum absolute atomic E-state index is 0.0160. The van der Waals surface area contributed by atoms with E-state index in [9.17, 15) is 23.2 Å². The summed E-state index contributed by atoms with van der Waals surface area (Å²) in [4.78, 5) is 40.2. The van der Waals surface area contributed by atoms with Gasteiger partial charge in [-0.1, -0.05) is 6.07 Å². The van der Waals surface area contributed by atoms with Gasteiger partial charge in [-0.05, 0) is 38.2 Å². The fraction of sp³-hybridized carbons (Fsp3) is 0.500. The number of nitrogens with zero attached hydrogens (tertiary/aromatic N) is 3. The van der Waals surface area contributed by atoms with Crippen molar-refractivity contribution in [2.45, 2.75) is 19.4 Å². The van der Waals surface area contributed by atoms with E-state index in [1.807, 2.05) is 19.0 Å². The first-order chi connectivity index (χ1) is 12.8. The third-order valence-electron chi connectivity index (χ3n) is 4.24. The van der Waals surface area contributed by atoms with E-state index in [-0.39, 0.29) is 37.9 Å². The quantitative estimate of drug-likeness (QED) is 0.651. The van der Waals surface area contributed by atoms with Crippen molar-refractivity contribution < 1.29 is 23.2 Å². The molecule has 0 bridgehead atoms. The number of likely N-dealkylation sites (N-methyl/N-ethyl adjacent to an activating group) is 1. The third-order valence-corrected chi connectivity index (χ3v) is 4.24. The standard InChI is InChI=1S/C18H24F2N4O3/c1-22(2)8-9-23(12-13-5-6-14(19)15(20)10-13)16(25)4-3-7-24-17(26)11-21-18(24)27/h5-6,10H,3-4,7-9,11-12H2,1-2H3,(H,21,27). The lowest BCUT2D eigenvalue weighted by molar-refractivity contribution is -0.132. The number of urea groups is 1. The van der Waals surface area contributed by atoms with Gasteiger partial charge in [-0.25, -0.2) is 13.6 Å². The van der Waals surface area contributed by atoms with Gasteiger partial charge in [0.2, 0.25) is 11.8 Å². The second-order valence-corrected chi connectivity index (χ2v) is 6.67. The molecule has 7 nitrogen and oxygen atoms in total. The molecule has 1 heterocycles. The molecule has 2 rings (SSSR count). The van der Waals surface area contributed by atoms with Crippen molar-refractivity contribution >= 4 is 17.8 Å². The fourth-order valence-electron chi connectivity index (χ4n) is 2.70. The molecule has 148 valence electrons. The Bertz CT molecular complexity index is 696. The second-order valence-electron chi connectivity index (χ2n) is 6.67. The molecule has 1 aliphatic heterocycles. The lowest BCUT2D eigenvalue weighted by Gasteiger charge is -2.25. The van der Waals surface area contributed by atoms with Crippen LogP contribution in [0.1, 0.15) is 18.4 Å². The Kier molecular flexibility index (Phi) is 7.23. The number of nitrogens with one attached hydrogen (secondary N) is 1. The summed E-state index contributed by atoms with van der Waals surface area (Å²) in [6, 6.07) is 3.12. The second kappa shape index (κ2) is 9.40. The van der Waals surface area contributed by atoms with Gasteiger partial charge in [-0.3, -0.25) is 14.5 Å². The summed E-state index contributed by atoms with van der Waals surface area (Å²) in [6.07, 6.45) is 0.488. The molecule has 1 aliphatic rings. The highest BCUT2D eigenvalue weighted by atomic mass is 19.2. The summed E-state index contributed by atoms with van der Waals surface area (Å²) < 4.78 is 26.5. The van der Waals surface area contributed by atoms with E-state index in [2.05, 4.69) is 5.32 Å². The van der Waals surface area contributed by atoms with Gasteiger partial charge in [0.15, 0.2) is 11.6 Å². The van der Waals surface area contributed by atoms with Crippen molar-refractivity contribution in [1.29, 1.82) is 0 Å². The average molecular weight is 382 g/mol. The van der Waals surface area contributed by atoms with Crippen LogP contribution in [0.5, 0.6) is 0 Å². The van der Waals surface area contributed by atoms with E-state index in [0.29, 0.717) is 25.1 Å². The Hall–Kier alpha value is -2.55. The molecule has 0 saturated carbocycles. The molecule has 1 N–H and O–H groups in total. The largest absolute Gasteiger partial charge is 0.337 e. The maximum Gasteiger partial charge on any atom is 0.324 e. The summed E-state index contributed by atoms with van der Waals surface area (Å²) in [5.74, 6) is -2.36.